The molecule has 0 radical (unpaired) electrons. The Hall–Kier alpha value is -2.72. The van der Waals surface area contributed by atoms with Crippen molar-refractivity contribution in [1.29, 1.82) is 0 Å². The van der Waals surface area contributed by atoms with Crippen LogP contribution in [0.15, 0.2) is 70.6 Å². The van der Waals surface area contributed by atoms with Crippen molar-refractivity contribution in [2.75, 3.05) is 4.72 Å². The molecule has 0 saturated heterocycles. The predicted molar refractivity (Wildman–Crippen MR) is 124 cm³/mol. The SMILES string of the molecule is Cn1c(=NC(=O)c2ccc(NS(=O)(=O)c3ccc(F)cc3)cc2)sc2ccc(Cl)c(Cl)c21. The number of rotatable bonds is 4. The van der Waals surface area contributed by atoms with Crippen molar-refractivity contribution >= 4 is 66.4 Å². The zero-order valence-electron chi connectivity index (χ0n) is 16.3. The van der Waals surface area contributed by atoms with Crippen LogP contribution in [0.1, 0.15) is 10.4 Å². The van der Waals surface area contributed by atoms with Crippen molar-refractivity contribution < 1.29 is 17.6 Å². The molecule has 3 aromatic carbocycles. The number of fused-ring (bicyclic) bond motifs is 1. The largest absolute Gasteiger partial charge is 0.318 e. The van der Waals surface area contributed by atoms with Crippen LogP contribution in [0.5, 0.6) is 0 Å². The Morgan fingerprint density at radius 1 is 1.03 bits per heavy atom. The number of benzene rings is 3. The Bertz CT molecular complexity index is 1510. The third-order valence-corrected chi connectivity index (χ3v) is 7.85. The van der Waals surface area contributed by atoms with Gasteiger partial charge in [0.05, 0.1) is 25.2 Å². The lowest BCUT2D eigenvalue weighted by Gasteiger charge is -2.08. The van der Waals surface area contributed by atoms with E-state index in [9.17, 15) is 17.6 Å². The number of hydrogen-bond acceptors (Lipinski definition) is 4. The van der Waals surface area contributed by atoms with Gasteiger partial charge in [0.15, 0.2) is 4.80 Å². The van der Waals surface area contributed by atoms with Gasteiger partial charge in [0, 0.05) is 18.3 Å². The van der Waals surface area contributed by atoms with E-state index in [0.717, 1.165) is 16.8 Å². The van der Waals surface area contributed by atoms with Crippen LogP contribution in [0.3, 0.4) is 0 Å². The summed E-state index contributed by atoms with van der Waals surface area (Å²) in [5.41, 5.74) is 1.21. The van der Waals surface area contributed by atoms with Crippen LogP contribution in [0, 0.1) is 5.82 Å². The zero-order chi connectivity index (χ0) is 23.0. The normalized spacial score (nSPS) is 12.3. The third kappa shape index (κ3) is 4.42. The molecule has 11 heteroatoms. The topological polar surface area (TPSA) is 80.5 Å². The summed E-state index contributed by atoms with van der Waals surface area (Å²) >= 11 is 13.6. The molecule has 0 saturated carbocycles. The van der Waals surface area contributed by atoms with Gasteiger partial charge in [-0.25, -0.2) is 12.8 Å². The second-order valence-electron chi connectivity index (χ2n) is 6.71. The minimum absolute atomic E-state index is 0.0786. The molecule has 32 heavy (non-hydrogen) atoms. The maximum absolute atomic E-state index is 13.0. The molecule has 1 aromatic heterocycles. The van der Waals surface area contributed by atoms with E-state index >= 15 is 0 Å². The molecule has 164 valence electrons. The standard InChI is InChI=1S/C21H14Cl2FN3O3S2/c1-27-19-17(11-10-16(22)18(19)23)31-21(27)25-20(28)12-2-6-14(7-3-12)26-32(29,30)15-8-4-13(24)5-9-15/h2-11,26H,1H3. The molecule has 1 heterocycles. The van der Waals surface area contributed by atoms with Gasteiger partial charge < -0.3 is 4.57 Å². The molecule has 4 aromatic rings. The fraction of sp³-hybridized carbons (Fsp3) is 0.0476. The second kappa shape index (κ2) is 8.67. The van der Waals surface area contributed by atoms with Crippen molar-refractivity contribution in [1.82, 2.24) is 4.57 Å². The summed E-state index contributed by atoms with van der Waals surface area (Å²) in [6.07, 6.45) is 0. The van der Waals surface area contributed by atoms with Crippen molar-refractivity contribution in [3.05, 3.63) is 86.9 Å². The van der Waals surface area contributed by atoms with Crippen molar-refractivity contribution in [2.24, 2.45) is 12.0 Å². The summed E-state index contributed by atoms with van der Waals surface area (Å²) in [5, 5.41) is 0.790. The number of hydrogen-bond donors (Lipinski definition) is 1. The first-order valence-electron chi connectivity index (χ1n) is 9.07. The number of carbonyl (C=O) groups excluding carboxylic acids is 1. The summed E-state index contributed by atoms with van der Waals surface area (Å²) in [7, 11) is -2.15. The van der Waals surface area contributed by atoms with Gasteiger partial charge in [-0.1, -0.05) is 34.5 Å². The third-order valence-electron chi connectivity index (χ3n) is 4.56. The Balaban J connectivity index is 1.59. The highest BCUT2D eigenvalue weighted by Crippen LogP contribution is 2.31. The highest BCUT2D eigenvalue weighted by molar-refractivity contribution is 7.92. The molecular weight excluding hydrogens is 496 g/mol. The maximum Gasteiger partial charge on any atom is 0.279 e. The fourth-order valence-electron chi connectivity index (χ4n) is 2.94. The van der Waals surface area contributed by atoms with Gasteiger partial charge in [0.25, 0.3) is 15.9 Å². The predicted octanol–water partition coefficient (Wildman–Crippen LogP) is 5.23. The minimum atomic E-state index is -3.89. The van der Waals surface area contributed by atoms with Crippen molar-refractivity contribution in [2.45, 2.75) is 4.90 Å². The van der Waals surface area contributed by atoms with Crippen molar-refractivity contribution in [3.8, 4) is 0 Å². The quantitative estimate of drug-likeness (QED) is 0.409. The molecule has 0 unspecified atom stereocenters. The highest BCUT2D eigenvalue weighted by Gasteiger charge is 2.15. The van der Waals surface area contributed by atoms with Crippen LogP contribution in [-0.4, -0.2) is 18.9 Å². The van der Waals surface area contributed by atoms with Crippen LogP contribution in [0.2, 0.25) is 10.0 Å². The number of nitrogens with one attached hydrogen (secondary N) is 1. The molecule has 0 atom stereocenters. The summed E-state index contributed by atoms with van der Waals surface area (Å²) in [6, 6.07) is 13.8. The first kappa shape index (κ1) is 22.5. The molecule has 1 amide bonds. The van der Waals surface area contributed by atoms with E-state index in [2.05, 4.69) is 9.71 Å². The lowest BCUT2D eigenvalue weighted by atomic mass is 10.2. The van der Waals surface area contributed by atoms with Gasteiger partial charge in [0.1, 0.15) is 5.82 Å². The number of carbonyl (C=O) groups is 1. The molecule has 1 N–H and O–H groups in total. The molecular formula is C21H14Cl2FN3O3S2. The van der Waals surface area contributed by atoms with Gasteiger partial charge in [0.2, 0.25) is 0 Å². The van der Waals surface area contributed by atoms with E-state index in [1.807, 2.05) is 0 Å². The van der Waals surface area contributed by atoms with Gasteiger partial charge in [-0.2, -0.15) is 4.99 Å². The Kier molecular flexibility index (Phi) is 6.09. The Labute approximate surface area is 196 Å². The van der Waals surface area contributed by atoms with Crippen molar-refractivity contribution in [3.63, 3.8) is 0 Å². The average Bonchev–Trinajstić information content (AvgIpc) is 3.07. The lowest BCUT2D eigenvalue weighted by Crippen LogP contribution is -2.14. The summed E-state index contributed by atoms with van der Waals surface area (Å²) in [6.45, 7) is 0. The molecule has 0 fully saturated rings. The lowest BCUT2D eigenvalue weighted by molar-refractivity contribution is 0.0998. The number of halogens is 3. The average molecular weight is 510 g/mol. The van der Waals surface area contributed by atoms with Crippen LogP contribution >= 0.6 is 34.5 Å². The molecule has 0 spiro atoms. The summed E-state index contributed by atoms with van der Waals surface area (Å²) in [5.74, 6) is -1.03. The Morgan fingerprint density at radius 3 is 2.34 bits per heavy atom. The van der Waals surface area contributed by atoms with Crippen LogP contribution in [0.4, 0.5) is 10.1 Å². The molecule has 0 bridgehead atoms. The Morgan fingerprint density at radius 2 is 1.69 bits per heavy atom. The minimum Gasteiger partial charge on any atom is -0.318 e. The molecule has 0 aliphatic carbocycles. The second-order valence-corrected chi connectivity index (χ2v) is 10.2. The number of aryl methyl sites for hydroxylation is 1. The number of aromatic nitrogens is 1. The number of anilines is 1. The number of amides is 1. The van der Waals surface area contributed by atoms with E-state index < -0.39 is 21.7 Å². The summed E-state index contributed by atoms with van der Waals surface area (Å²) < 4.78 is 42.8. The highest BCUT2D eigenvalue weighted by atomic mass is 35.5. The number of sulfonamides is 1. The molecule has 6 nitrogen and oxygen atoms in total. The van der Waals surface area contributed by atoms with E-state index in [1.54, 1.807) is 23.7 Å². The summed E-state index contributed by atoms with van der Waals surface area (Å²) in [4.78, 5) is 17.2. The van der Waals surface area contributed by atoms with Crippen LogP contribution < -0.4 is 9.52 Å². The number of thiazole rings is 1. The monoisotopic (exact) mass is 509 g/mol. The van der Waals surface area contributed by atoms with Gasteiger partial charge >= 0.3 is 0 Å². The van der Waals surface area contributed by atoms with E-state index in [4.69, 9.17) is 23.2 Å². The molecule has 0 aliphatic heterocycles. The fourth-order valence-corrected chi connectivity index (χ4v) is 5.52. The molecule has 4 rings (SSSR count). The van der Waals surface area contributed by atoms with Gasteiger partial charge in [-0.15, -0.1) is 0 Å². The van der Waals surface area contributed by atoms with E-state index in [1.165, 1.54) is 47.7 Å². The van der Waals surface area contributed by atoms with Gasteiger partial charge in [-0.3, -0.25) is 9.52 Å². The number of nitrogens with zero attached hydrogens (tertiary/aromatic N) is 2. The molecule has 0 aliphatic rings. The van der Waals surface area contributed by atoms with E-state index in [0.29, 0.717) is 20.4 Å². The maximum atomic E-state index is 13.0. The van der Waals surface area contributed by atoms with Gasteiger partial charge in [-0.05, 0) is 60.7 Å². The first-order chi connectivity index (χ1) is 15.2. The zero-order valence-corrected chi connectivity index (χ0v) is 19.5. The van der Waals surface area contributed by atoms with E-state index in [-0.39, 0.29) is 16.1 Å². The van der Waals surface area contributed by atoms with Crippen LogP contribution in [0.25, 0.3) is 10.2 Å². The smallest absolute Gasteiger partial charge is 0.279 e. The first-order valence-corrected chi connectivity index (χ1v) is 12.1. The van der Waals surface area contributed by atoms with Crippen LogP contribution in [-0.2, 0) is 17.1 Å².